The van der Waals surface area contributed by atoms with E-state index in [1.165, 1.54) is 6.07 Å². The molecular weight excluding hydrogens is 310 g/mol. The zero-order valence-corrected chi connectivity index (χ0v) is 13.1. The molecule has 1 amide bonds. The first-order valence-electron chi connectivity index (χ1n) is 7.34. The Balaban J connectivity index is 2.40. The highest BCUT2D eigenvalue weighted by molar-refractivity contribution is 5.97. The first kappa shape index (κ1) is 17.0. The predicted molar refractivity (Wildman–Crippen MR) is 85.4 cm³/mol. The van der Waals surface area contributed by atoms with E-state index in [9.17, 15) is 9.59 Å². The molecule has 0 spiro atoms. The number of hydrogen-bond acceptors (Lipinski definition) is 6. The van der Waals surface area contributed by atoms with Crippen LogP contribution in [0.3, 0.4) is 0 Å². The largest absolute Gasteiger partial charge is 0.493 e. The number of ether oxygens (including phenoxy) is 1. The summed E-state index contributed by atoms with van der Waals surface area (Å²) in [5.74, 6) is -0.137. The maximum atomic E-state index is 12.3. The second-order valence-electron chi connectivity index (χ2n) is 4.97. The summed E-state index contributed by atoms with van der Waals surface area (Å²) in [5, 5.41) is 18.0. The van der Waals surface area contributed by atoms with Gasteiger partial charge in [0, 0.05) is 11.5 Å². The van der Waals surface area contributed by atoms with E-state index in [1.807, 2.05) is 6.92 Å². The fraction of sp³-hybridized carbons (Fsp3) is 0.294. The number of rotatable bonds is 6. The molecule has 0 bridgehead atoms. The van der Waals surface area contributed by atoms with Crippen molar-refractivity contribution in [2.24, 2.45) is 0 Å². The van der Waals surface area contributed by atoms with E-state index in [-0.39, 0.29) is 18.7 Å². The zero-order chi connectivity index (χ0) is 17.5. The van der Waals surface area contributed by atoms with Crippen LogP contribution in [-0.2, 0) is 0 Å². The molecule has 7 heteroatoms. The van der Waals surface area contributed by atoms with Gasteiger partial charge in [-0.3, -0.25) is 4.79 Å². The van der Waals surface area contributed by atoms with Crippen LogP contribution in [0.15, 0.2) is 33.5 Å². The normalized spacial score (nSPS) is 9.96. The average Bonchev–Trinajstić information content (AvgIpc) is 2.58. The van der Waals surface area contributed by atoms with E-state index in [1.54, 1.807) is 30.3 Å². The van der Waals surface area contributed by atoms with Crippen LogP contribution >= 0.6 is 0 Å². The maximum Gasteiger partial charge on any atom is 0.349 e. The summed E-state index contributed by atoms with van der Waals surface area (Å²) in [6, 6.07) is 9.96. The van der Waals surface area contributed by atoms with Gasteiger partial charge in [0.25, 0.3) is 5.91 Å². The fourth-order valence-corrected chi connectivity index (χ4v) is 2.09. The number of fused-ring (bicyclic) bond motifs is 1. The number of carbonyl (C=O) groups is 1. The Hall–Kier alpha value is -3.32. The fourth-order valence-electron chi connectivity index (χ4n) is 2.09. The van der Waals surface area contributed by atoms with Gasteiger partial charge in [0.2, 0.25) is 0 Å². The summed E-state index contributed by atoms with van der Waals surface area (Å²) in [7, 11) is 0. The summed E-state index contributed by atoms with van der Waals surface area (Å²) in [4.78, 5) is 25.4. The quantitative estimate of drug-likeness (QED) is 0.594. The molecule has 2 aromatic rings. The van der Waals surface area contributed by atoms with Crippen LogP contribution in [0, 0.1) is 22.7 Å². The van der Waals surface area contributed by atoms with Crippen molar-refractivity contribution in [3.63, 3.8) is 0 Å². The first-order valence-corrected chi connectivity index (χ1v) is 7.34. The van der Waals surface area contributed by atoms with Crippen LogP contribution in [-0.4, -0.2) is 30.5 Å². The van der Waals surface area contributed by atoms with Crippen LogP contribution in [0.5, 0.6) is 5.75 Å². The predicted octanol–water partition coefficient (Wildman–Crippen LogP) is 2.07. The van der Waals surface area contributed by atoms with Crippen molar-refractivity contribution in [1.82, 2.24) is 4.90 Å². The van der Waals surface area contributed by atoms with Gasteiger partial charge in [-0.2, -0.15) is 10.5 Å². The van der Waals surface area contributed by atoms with E-state index in [0.717, 1.165) is 11.3 Å². The van der Waals surface area contributed by atoms with Crippen molar-refractivity contribution in [2.75, 3.05) is 19.7 Å². The van der Waals surface area contributed by atoms with Crippen LogP contribution in [0.1, 0.15) is 23.7 Å². The molecule has 24 heavy (non-hydrogen) atoms. The Bertz CT molecular complexity index is 873. The lowest BCUT2D eigenvalue weighted by atomic mass is 10.1. The molecule has 0 aliphatic heterocycles. The Morgan fingerprint density at radius 2 is 1.96 bits per heavy atom. The SMILES string of the molecule is CCCOc1ccc2cc(C(=O)N(CC#N)CC#N)c(=O)oc2c1. The van der Waals surface area contributed by atoms with Crippen molar-refractivity contribution in [2.45, 2.75) is 13.3 Å². The molecule has 0 saturated heterocycles. The molecule has 0 atom stereocenters. The topological polar surface area (TPSA) is 107 Å². The van der Waals surface area contributed by atoms with E-state index in [0.29, 0.717) is 23.3 Å². The molecule has 1 aromatic heterocycles. The molecule has 0 N–H and O–H groups in total. The van der Waals surface area contributed by atoms with Gasteiger partial charge in [0.1, 0.15) is 30.0 Å². The third-order valence-electron chi connectivity index (χ3n) is 3.22. The highest BCUT2D eigenvalue weighted by Crippen LogP contribution is 2.21. The lowest BCUT2D eigenvalue weighted by molar-refractivity contribution is 0.0790. The van der Waals surface area contributed by atoms with Gasteiger partial charge >= 0.3 is 5.63 Å². The van der Waals surface area contributed by atoms with E-state index in [4.69, 9.17) is 19.7 Å². The number of benzene rings is 1. The number of nitrogens with zero attached hydrogens (tertiary/aromatic N) is 3. The zero-order valence-electron chi connectivity index (χ0n) is 13.1. The molecule has 2 rings (SSSR count). The summed E-state index contributed by atoms with van der Waals surface area (Å²) < 4.78 is 10.7. The van der Waals surface area contributed by atoms with Crippen molar-refractivity contribution in [1.29, 1.82) is 10.5 Å². The standard InChI is InChI=1S/C17H15N3O4/c1-2-9-23-13-4-3-12-10-14(17(22)24-15(12)11-13)16(21)20(7-5-18)8-6-19/h3-4,10-11H,2,7-9H2,1H3. The summed E-state index contributed by atoms with van der Waals surface area (Å²) >= 11 is 0. The number of amides is 1. The molecule has 0 fully saturated rings. The van der Waals surface area contributed by atoms with Crippen LogP contribution in [0.25, 0.3) is 11.0 Å². The van der Waals surface area contributed by atoms with Gasteiger partial charge in [0.15, 0.2) is 0 Å². The highest BCUT2D eigenvalue weighted by Gasteiger charge is 2.20. The molecule has 7 nitrogen and oxygen atoms in total. The molecule has 0 unspecified atom stereocenters. The summed E-state index contributed by atoms with van der Waals surface area (Å²) in [6.45, 7) is 1.96. The molecule has 122 valence electrons. The molecular formula is C17H15N3O4. The second-order valence-corrected chi connectivity index (χ2v) is 4.97. The molecule has 1 heterocycles. The molecule has 0 radical (unpaired) electrons. The Kier molecular flexibility index (Phi) is 5.54. The number of carbonyl (C=O) groups excluding carboxylic acids is 1. The van der Waals surface area contributed by atoms with Crippen LogP contribution < -0.4 is 10.4 Å². The minimum atomic E-state index is -0.818. The number of nitriles is 2. The summed E-state index contributed by atoms with van der Waals surface area (Å²) in [5.41, 5.74) is -0.728. The monoisotopic (exact) mass is 325 g/mol. The van der Waals surface area contributed by atoms with Gasteiger partial charge < -0.3 is 14.1 Å². The molecule has 0 aliphatic rings. The van der Waals surface area contributed by atoms with Crippen LogP contribution in [0.2, 0.25) is 0 Å². The molecule has 1 aromatic carbocycles. The Morgan fingerprint density at radius 1 is 1.25 bits per heavy atom. The van der Waals surface area contributed by atoms with Crippen molar-refractivity contribution in [3.05, 3.63) is 40.2 Å². The van der Waals surface area contributed by atoms with E-state index in [2.05, 4.69) is 0 Å². The Labute approximate surface area is 138 Å². The molecule has 0 saturated carbocycles. The maximum absolute atomic E-state index is 12.3. The van der Waals surface area contributed by atoms with Crippen LogP contribution in [0.4, 0.5) is 0 Å². The van der Waals surface area contributed by atoms with E-state index >= 15 is 0 Å². The van der Waals surface area contributed by atoms with Gasteiger partial charge in [-0.25, -0.2) is 4.79 Å². The Morgan fingerprint density at radius 3 is 2.58 bits per heavy atom. The first-order chi connectivity index (χ1) is 11.6. The highest BCUT2D eigenvalue weighted by atomic mass is 16.5. The lowest BCUT2D eigenvalue weighted by Crippen LogP contribution is -2.34. The minimum Gasteiger partial charge on any atom is -0.493 e. The third-order valence-corrected chi connectivity index (χ3v) is 3.22. The third kappa shape index (κ3) is 3.71. The van der Waals surface area contributed by atoms with Crippen molar-refractivity contribution >= 4 is 16.9 Å². The van der Waals surface area contributed by atoms with Gasteiger partial charge in [-0.15, -0.1) is 0 Å². The summed E-state index contributed by atoms with van der Waals surface area (Å²) in [6.07, 6.45) is 0.850. The molecule has 0 aliphatic carbocycles. The van der Waals surface area contributed by atoms with Gasteiger partial charge in [-0.1, -0.05) is 6.92 Å². The lowest BCUT2D eigenvalue weighted by Gasteiger charge is -2.15. The smallest absolute Gasteiger partial charge is 0.349 e. The van der Waals surface area contributed by atoms with Gasteiger partial charge in [-0.05, 0) is 24.6 Å². The van der Waals surface area contributed by atoms with Gasteiger partial charge in [0.05, 0.1) is 18.7 Å². The number of hydrogen-bond donors (Lipinski definition) is 0. The van der Waals surface area contributed by atoms with Crippen molar-refractivity contribution < 1.29 is 13.9 Å². The van der Waals surface area contributed by atoms with E-state index < -0.39 is 11.5 Å². The average molecular weight is 325 g/mol. The second kappa shape index (κ2) is 7.80. The van der Waals surface area contributed by atoms with Crippen molar-refractivity contribution in [3.8, 4) is 17.9 Å². The minimum absolute atomic E-state index is 0.213.